The number of benzene rings is 1. The molecule has 3 aromatic rings. The van der Waals surface area contributed by atoms with Crippen molar-refractivity contribution in [3.8, 4) is 0 Å². The van der Waals surface area contributed by atoms with Gasteiger partial charge in [-0.3, -0.25) is 4.57 Å². The Bertz CT molecular complexity index is 1700. The number of aromatic nitrogens is 4. The molecule has 2 saturated heterocycles. The number of nitrogens with two attached hydrogens (primary N) is 1. The molecule has 2 fully saturated rings. The molecule has 5 rings (SSSR count). The first-order chi connectivity index (χ1) is 22.4. The van der Waals surface area contributed by atoms with Crippen LogP contribution in [0.25, 0.3) is 11.2 Å². The lowest BCUT2D eigenvalue weighted by Crippen LogP contribution is -2.62. The van der Waals surface area contributed by atoms with Crippen LogP contribution in [-0.4, -0.2) is 85.4 Å². The molecule has 4 heterocycles. The Morgan fingerprint density at radius 2 is 1.46 bits per heavy atom. The quantitative estimate of drug-likeness (QED) is 0.138. The van der Waals surface area contributed by atoms with Gasteiger partial charge in [-0.15, -0.1) is 0 Å². The molecule has 0 saturated carbocycles. The minimum Gasteiger partial charge on any atom is -0.790 e. The largest absolute Gasteiger partial charge is 0.790 e. The molecule has 2 aliphatic heterocycles. The molecule has 2 aromatic heterocycles. The lowest BCUT2D eigenvalue weighted by atomic mass is 9.98. The minimum atomic E-state index is -6.07. The monoisotopic (exact) mass is 737 g/mol. The maximum absolute atomic E-state index is 12.0. The van der Waals surface area contributed by atoms with Crippen LogP contribution in [-0.2, 0) is 47.9 Å². The first-order valence-corrected chi connectivity index (χ1v) is 18.2. The van der Waals surface area contributed by atoms with Gasteiger partial charge in [0.1, 0.15) is 48.5 Å². The molecular formula is C23H26N5O17P3-6. The zero-order valence-electron chi connectivity index (χ0n) is 24.1. The van der Waals surface area contributed by atoms with E-state index in [0.29, 0.717) is 0 Å². The second kappa shape index (κ2) is 14.5. The SMILES string of the molecule is Nc1ncnc2c1ncn2[C@@H]1O[C@H](CCc2ccccc2)[C@@H](O[C@H]2O[C@H](CO)[C@@H](OP(=O)([O-])[O-])[C@H](OP(=O)([O-])[O-])[C@H]2O)[C@H]1OP(=O)([O-])[O-]. The molecule has 1 aromatic carbocycles. The molecule has 0 amide bonds. The number of aliphatic hydroxyl groups excluding tert-OH is 2. The Kier molecular flexibility index (Phi) is 11.2. The van der Waals surface area contributed by atoms with Crippen LogP contribution in [0.15, 0.2) is 43.0 Å². The maximum atomic E-state index is 12.0. The molecule has 48 heavy (non-hydrogen) atoms. The first-order valence-electron chi connectivity index (χ1n) is 13.8. The van der Waals surface area contributed by atoms with Crippen LogP contribution in [0, 0.1) is 0 Å². The average molecular weight is 737 g/mol. The summed E-state index contributed by atoms with van der Waals surface area (Å²) in [6.45, 7) is -1.21. The fourth-order valence-corrected chi connectivity index (χ4v) is 7.07. The normalized spacial score (nSPS) is 30.2. The second-order valence-corrected chi connectivity index (χ2v) is 13.9. The summed E-state index contributed by atoms with van der Waals surface area (Å²) < 4.78 is 67.0. The predicted molar refractivity (Wildman–Crippen MR) is 142 cm³/mol. The predicted octanol–water partition coefficient (Wildman–Crippen LogP) is -4.96. The van der Waals surface area contributed by atoms with E-state index in [1.807, 2.05) is 0 Å². The van der Waals surface area contributed by atoms with Crippen LogP contribution in [0.4, 0.5) is 5.82 Å². The van der Waals surface area contributed by atoms with Gasteiger partial charge in [-0.1, -0.05) is 30.3 Å². The molecule has 22 nitrogen and oxygen atoms in total. The van der Waals surface area contributed by atoms with Crippen molar-refractivity contribution in [1.82, 2.24) is 19.5 Å². The summed E-state index contributed by atoms with van der Waals surface area (Å²) in [7, 11) is -17.9. The lowest BCUT2D eigenvalue weighted by Gasteiger charge is -2.49. The van der Waals surface area contributed by atoms with Gasteiger partial charge in [-0.2, -0.15) is 0 Å². The number of nitrogen functional groups attached to an aromatic ring is 1. The van der Waals surface area contributed by atoms with Gasteiger partial charge in [0.15, 0.2) is 24.0 Å². The number of aliphatic hydroxyl groups is 2. The Balaban J connectivity index is 1.54. The summed E-state index contributed by atoms with van der Waals surface area (Å²) in [5.41, 5.74) is 6.72. The Morgan fingerprint density at radius 1 is 0.833 bits per heavy atom. The molecule has 266 valence electrons. The van der Waals surface area contributed by atoms with E-state index >= 15 is 0 Å². The summed E-state index contributed by atoms with van der Waals surface area (Å²) in [5, 5.41) is 20.9. The molecule has 0 unspecified atom stereocenters. The molecular weight excluding hydrogens is 711 g/mol. The highest BCUT2D eigenvalue weighted by Gasteiger charge is 2.54. The van der Waals surface area contributed by atoms with Gasteiger partial charge in [0.25, 0.3) is 0 Å². The van der Waals surface area contributed by atoms with Gasteiger partial charge < -0.3 is 86.8 Å². The van der Waals surface area contributed by atoms with Crippen LogP contribution < -0.4 is 35.1 Å². The van der Waals surface area contributed by atoms with E-state index < -0.39 is 85.3 Å². The third-order valence-electron chi connectivity index (χ3n) is 7.35. The standard InChI is InChI=1S/C23H32N5O17P3/c24-20-14-21(26-9-25-20)28(10-27-14)22-19(45-48(37,38)39)16(12(40-22)7-6-11-4-2-1-3-5-11)42-23-15(30)18(44-47(34,35)36)17(13(8-29)41-23)43-46(31,32)33/h1-5,9-10,12-13,15-19,22-23,29-30H,6-8H2,(H2,24,25,26)(H2,31,32,33)(H2,34,35,36)(H2,37,38,39)/p-6/t12-,13-,15-,16-,17-,18-,19-,22-,23-/m1/s1. The number of rotatable bonds is 13. The highest BCUT2D eigenvalue weighted by atomic mass is 31.2. The fourth-order valence-electron chi connectivity index (χ4n) is 5.45. The summed E-state index contributed by atoms with van der Waals surface area (Å²) >= 11 is 0. The second-order valence-electron chi connectivity index (χ2n) is 10.5. The van der Waals surface area contributed by atoms with Crippen molar-refractivity contribution >= 4 is 40.4 Å². The number of phosphoric acid groups is 3. The van der Waals surface area contributed by atoms with Gasteiger partial charge in [0.05, 0.1) is 42.5 Å². The molecule has 25 heteroatoms. The molecule has 0 bridgehead atoms. The summed E-state index contributed by atoms with van der Waals surface area (Å²) in [5.74, 6) is -0.0627. The summed E-state index contributed by atoms with van der Waals surface area (Å²) in [4.78, 5) is 81.9. The fraction of sp³-hybridized carbons (Fsp3) is 0.522. The molecule has 4 N–H and O–H groups in total. The van der Waals surface area contributed by atoms with Crippen LogP contribution in [0.2, 0.25) is 0 Å². The van der Waals surface area contributed by atoms with E-state index in [2.05, 4.69) is 24.0 Å². The van der Waals surface area contributed by atoms with Crippen molar-refractivity contribution in [2.75, 3.05) is 12.3 Å². The maximum Gasteiger partial charge on any atom is 0.187 e. The number of phosphoric ester groups is 3. The molecule has 2 aliphatic rings. The highest BCUT2D eigenvalue weighted by molar-refractivity contribution is 7.43. The number of ether oxygens (including phenoxy) is 3. The number of hydrogen-bond acceptors (Lipinski definition) is 21. The number of imidazole rings is 1. The molecule has 9 atom stereocenters. The van der Waals surface area contributed by atoms with Crippen molar-refractivity contribution in [3.05, 3.63) is 48.5 Å². The summed E-state index contributed by atoms with van der Waals surface area (Å²) in [6.07, 6.45) is -15.5. The third kappa shape index (κ3) is 8.88. The van der Waals surface area contributed by atoms with E-state index in [0.717, 1.165) is 18.2 Å². The molecule has 0 spiro atoms. The van der Waals surface area contributed by atoms with Crippen molar-refractivity contribution in [2.24, 2.45) is 0 Å². The van der Waals surface area contributed by atoms with Crippen molar-refractivity contribution in [3.63, 3.8) is 0 Å². The van der Waals surface area contributed by atoms with Crippen LogP contribution >= 0.6 is 23.5 Å². The van der Waals surface area contributed by atoms with Crippen molar-refractivity contribution in [2.45, 2.75) is 68.1 Å². The van der Waals surface area contributed by atoms with E-state index in [1.54, 1.807) is 30.3 Å². The minimum absolute atomic E-state index is 0.0132. The number of anilines is 1. The van der Waals surface area contributed by atoms with Crippen molar-refractivity contribution in [1.29, 1.82) is 0 Å². The number of fused-ring (bicyclic) bond motifs is 1. The lowest BCUT2D eigenvalue weighted by molar-refractivity contribution is -0.379. The average Bonchev–Trinajstić information content (AvgIpc) is 3.55. The number of nitrogens with zero attached hydrogens (tertiary/aromatic N) is 4. The topological polar surface area (TPSA) is 355 Å². The van der Waals surface area contributed by atoms with Gasteiger partial charge in [-0.25, -0.2) is 15.0 Å². The smallest absolute Gasteiger partial charge is 0.187 e. The Labute approximate surface area is 270 Å². The number of aryl methyl sites for hydroxylation is 1. The van der Waals surface area contributed by atoms with E-state index in [9.17, 15) is 53.3 Å². The van der Waals surface area contributed by atoms with Crippen molar-refractivity contribution < 1.29 is 81.1 Å². The highest BCUT2D eigenvalue weighted by Crippen LogP contribution is 2.45. The van der Waals surface area contributed by atoms with Gasteiger partial charge in [0.2, 0.25) is 0 Å². The van der Waals surface area contributed by atoms with E-state index in [1.165, 1.54) is 4.57 Å². The van der Waals surface area contributed by atoms with E-state index in [4.69, 9.17) is 24.5 Å². The van der Waals surface area contributed by atoms with Crippen LogP contribution in [0.3, 0.4) is 0 Å². The van der Waals surface area contributed by atoms with E-state index in [-0.39, 0.29) is 29.8 Å². The van der Waals surface area contributed by atoms with Crippen LogP contribution in [0.5, 0.6) is 0 Å². The van der Waals surface area contributed by atoms with Gasteiger partial charge >= 0.3 is 0 Å². The van der Waals surface area contributed by atoms with Crippen LogP contribution in [0.1, 0.15) is 18.2 Å². The van der Waals surface area contributed by atoms with Gasteiger partial charge in [-0.05, 0) is 18.4 Å². The first kappa shape index (κ1) is 37.0. The Morgan fingerprint density at radius 3 is 2.08 bits per heavy atom. The summed E-state index contributed by atoms with van der Waals surface area (Å²) in [6, 6.07) is 8.77. The zero-order chi connectivity index (χ0) is 35.0. The zero-order valence-corrected chi connectivity index (χ0v) is 26.8. The van der Waals surface area contributed by atoms with Gasteiger partial charge in [0, 0.05) is 0 Å². The third-order valence-corrected chi connectivity index (χ3v) is 8.85. The molecule has 0 radical (unpaired) electrons. The number of hydrogen-bond donors (Lipinski definition) is 3. The molecule has 0 aliphatic carbocycles. The Hall–Kier alpha value is -2.30.